The molecule has 12 rings (SSSR count). The number of aromatic nitrogens is 3. The number of methoxy groups -OCH3 is 3. The molecule has 0 radical (unpaired) electrons. The highest BCUT2D eigenvalue weighted by Crippen LogP contribution is 3.03. The van der Waals surface area contributed by atoms with Gasteiger partial charge in [-0.3, -0.25) is 68.2 Å². The fourth-order valence-corrected chi connectivity index (χ4v) is 18.5. The summed E-state index contributed by atoms with van der Waals surface area (Å²) in [6.45, 7) is 8.86. The topological polar surface area (TPSA) is 283 Å². The number of rotatable bonds is 24. The molecule has 3 saturated heterocycles. The molecule has 6 aliphatic rings. The van der Waals surface area contributed by atoms with Gasteiger partial charge in [0.1, 0.15) is 32.4 Å². The summed E-state index contributed by atoms with van der Waals surface area (Å²) in [6.07, 6.45) is 3.95. The number of alkyl halides is 6. The summed E-state index contributed by atoms with van der Waals surface area (Å²) in [5, 5.41) is 20.8. The van der Waals surface area contributed by atoms with Crippen LogP contribution in [0, 0.1) is 11.5 Å². The summed E-state index contributed by atoms with van der Waals surface area (Å²) in [4.78, 5) is 109. The van der Waals surface area contributed by atoms with Crippen LogP contribution in [0.15, 0.2) is 161 Å². The zero-order chi connectivity index (χ0) is 98.2. The Morgan fingerprint density at radius 2 is 0.727 bits per heavy atom. The van der Waals surface area contributed by atoms with Crippen molar-refractivity contribution in [2.75, 3.05) is 55.7 Å². The average molecular weight is 1960 g/mol. The number of anilines is 3. The lowest BCUT2D eigenvalue weighted by atomic mass is 9.86. The minimum Gasteiger partial charge on any atom is -0.444 e. The fraction of sp³-hybridized carbons (Fsp3) is 0.512. The maximum atomic E-state index is 14.8. The number of nitriles is 1. The van der Waals surface area contributed by atoms with Crippen LogP contribution in [-0.2, 0) is 64.3 Å². The van der Waals surface area contributed by atoms with Gasteiger partial charge in [0, 0.05) is 168 Å². The van der Waals surface area contributed by atoms with Gasteiger partial charge in [-0.2, -0.15) is 5.26 Å². The molecule has 3 unspecified atom stereocenters. The van der Waals surface area contributed by atoms with Crippen molar-refractivity contribution in [2.45, 2.75) is 247 Å². The summed E-state index contributed by atoms with van der Waals surface area (Å²) in [5.74, 6) is -13.9. The predicted octanol–water partition coefficient (Wildman–Crippen LogP) is 20.0. The summed E-state index contributed by atoms with van der Waals surface area (Å²) in [6, 6.07) is 7.78. The first-order valence-electron chi connectivity index (χ1n) is 41.3. The van der Waals surface area contributed by atoms with Crippen LogP contribution in [-0.4, -0.2) is 185 Å². The van der Waals surface area contributed by atoms with Crippen LogP contribution in [0.4, 0.5) is 106 Å². The molecule has 9 atom stereocenters. The number of hydrogen-bond acceptors (Lipinski definition) is 17. The van der Waals surface area contributed by atoms with Gasteiger partial charge in [0.05, 0.1) is 37.4 Å². The zero-order valence-corrected chi connectivity index (χ0v) is 74.9. The van der Waals surface area contributed by atoms with Crippen LogP contribution in [0.25, 0.3) is 0 Å². The number of ether oxygens (including phenoxy) is 4. The number of hydrogen-bond donors (Lipinski definition) is 4. The summed E-state index contributed by atoms with van der Waals surface area (Å²) in [7, 11) is -26.1. The first-order valence-corrected chi connectivity index (χ1v) is 47.1. The zero-order valence-electron chi connectivity index (χ0n) is 72.5. The molecule has 3 aromatic heterocycles. The van der Waals surface area contributed by atoms with Crippen LogP contribution < -0.4 is 36.0 Å². The second-order valence-electron chi connectivity index (χ2n) is 34.8. The maximum Gasteiger partial charge on any atom is 0.411 e. The number of pyridine rings is 3. The van der Waals surface area contributed by atoms with Crippen molar-refractivity contribution < 1.29 is 137 Å². The molecule has 0 spiro atoms. The standard InChI is InChI=1S/C31H39F7N4O5S.C27H30F7N5O3S.C26H31F7N4O3S/c1-29(2,3)47-28(45)41-19-23(46-5)17-25(41)26(43)42(22-8-10-24(11-9-22)48(34,35,36,37)38)30(4,20-7-6-16-39-18-20)27(44)40-21-12-14-31(32,33)15-13-21;1-26(18-4-3-13-36-15-18,25(41)37-19-9-11-27(28,29)12-10-19)39(24(40)23-14-21(42-2)16-38(23)17-35)20-5-7-22(8-6-20)43(30,31,32,33)34;1-25(17-4-3-13-34-15-17,24(39)36-18-9-11-26(27,28)12-10-18)37(23(38)22-14-20(40-2)16-35-22)19-5-7-21(8-6-19)41(29,30,31,32)33/h6-11,16,18,21,23,25H,12-15,17,19H2,1-5H3,(H,40,44);3-8,13,15,19,21,23H,9-12,14,16H2,1-2H3,(H,37,41);3-8,13,15,18,20,22,35H,9-12,14,16H2,1-2H3,(H,36,39)/t23-,25-,30?;21-,23-,26?;20-,22-,25?/m111/s1. The molecule has 24 nitrogen and oxygen atoms in total. The van der Waals surface area contributed by atoms with Crippen molar-refractivity contribution in [3.05, 3.63) is 163 Å². The normalized spacial score (nSPS) is 23.7. The smallest absolute Gasteiger partial charge is 0.411 e. The number of nitrogens with zero attached hydrogens (tertiary/aromatic N) is 9. The van der Waals surface area contributed by atoms with E-state index in [9.17, 15) is 123 Å². The molecule has 6 aromatic rings. The monoisotopic (exact) mass is 1960 g/mol. The van der Waals surface area contributed by atoms with Gasteiger partial charge in [-0.15, -0.1) is 0 Å². The molecule has 4 N–H and O–H groups in total. The van der Waals surface area contributed by atoms with Gasteiger partial charge in [0.25, 0.3) is 29.5 Å². The number of benzene rings is 3. The Bertz CT molecular complexity index is 5210. The molecule has 6 fully saturated rings. The van der Waals surface area contributed by atoms with E-state index in [4.69, 9.17) is 18.9 Å². The van der Waals surface area contributed by atoms with Crippen molar-refractivity contribution in [3.63, 3.8) is 0 Å². The van der Waals surface area contributed by atoms with E-state index >= 15 is 0 Å². The van der Waals surface area contributed by atoms with Crippen molar-refractivity contribution in [1.82, 2.24) is 46.0 Å². The van der Waals surface area contributed by atoms with Crippen molar-refractivity contribution >= 4 is 89.3 Å². The molecule has 3 saturated carbocycles. The van der Waals surface area contributed by atoms with Gasteiger partial charge in [0.15, 0.2) is 22.8 Å². The lowest BCUT2D eigenvalue weighted by Crippen LogP contribution is -2.62. The Balaban J connectivity index is 0.000000206. The summed E-state index contributed by atoms with van der Waals surface area (Å²) >= 11 is 0. The van der Waals surface area contributed by atoms with Gasteiger partial charge in [-0.25, -0.2) is 31.1 Å². The van der Waals surface area contributed by atoms with E-state index in [0.717, 1.165) is 24.5 Å². The van der Waals surface area contributed by atoms with E-state index in [1.807, 2.05) is 6.19 Å². The van der Waals surface area contributed by atoms with Crippen LogP contribution in [0.3, 0.4) is 0 Å². The molecule has 132 heavy (non-hydrogen) atoms. The van der Waals surface area contributed by atoms with E-state index in [1.54, 1.807) is 20.8 Å². The quantitative estimate of drug-likeness (QED) is 0.0324. The third-order valence-corrected chi connectivity index (χ3v) is 27.5. The number of halogens is 21. The summed E-state index contributed by atoms with van der Waals surface area (Å²) in [5.41, 5.74) is -7.93. The molecule has 3 aromatic carbocycles. The Labute approximate surface area is 746 Å². The minimum atomic E-state index is -10.1. The van der Waals surface area contributed by atoms with Crippen molar-refractivity contribution in [3.8, 4) is 6.19 Å². The van der Waals surface area contributed by atoms with Crippen LogP contribution in [0.2, 0.25) is 0 Å². The van der Waals surface area contributed by atoms with E-state index in [-0.39, 0.29) is 148 Å². The van der Waals surface area contributed by atoms with Crippen molar-refractivity contribution in [2.24, 2.45) is 0 Å². The number of amides is 7. The third kappa shape index (κ3) is 24.7. The van der Waals surface area contributed by atoms with Gasteiger partial charge in [-0.1, -0.05) is 76.5 Å². The Hall–Kier alpha value is -10.1. The SMILES string of the molecule is CO[C@@H]1C[C@H](C(=O)N(c2ccc(S(F)(F)(F)(F)F)cc2)C(C)(C(=O)NC2CCC(F)(F)CC2)c2cccnc2)N(C#N)C1.CO[C@@H]1C[C@H](C(=O)N(c2ccc(S(F)(F)(F)(F)F)cc2)C(C)(C(=O)NC2CCC(F)(F)CC2)c2cccnc2)N(C(=O)OC(C)(C)C)C1.CO[C@H]1CN[C@@H](C(=O)N(c2ccc(S(F)(F)(F)(F)F)cc2)C(C)(C(=O)NC2CCC(F)(F)CC2)c2cccnc2)C1. The lowest BCUT2D eigenvalue weighted by Gasteiger charge is -2.44. The van der Waals surface area contributed by atoms with Crippen LogP contribution in [0.1, 0.15) is 155 Å². The number of nitrogens with one attached hydrogen (secondary N) is 4. The fourth-order valence-electron chi connectivity index (χ4n) is 16.5. The molecule has 0 bridgehead atoms. The first kappa shape index (κ1) is 104. The molecule has 6 heterocycles. The second kappa shape index (κ2) is 35.6. The third-order valence-electron chi connectivity index (χ3n) is 24.0. The minimum absolute atomic E-state index is 0.00644. The molecule has 48 heteroatoms. The Kier molecular flexibility index (Phi) is 28.1. The molecule has 3 aliphatic heterocycles. The maximum absolute atomic E-state index is 14.8. The number of carbonyl (C=O) groups excluding carboxylic acids is 7. The average Bonchev–Trinajstić information content (AvgIpc) is 0.956. The van der Waals surface area contributed by atoms with Gasteiger partial charge < -0.3 is 40.2 Å². The second-order valence-corrected chi connectivity index (χ2v) is 42.0. The highest BCUT2D eigenvalue weighted by Gasteiger charge is 2.68. The number of likely N-dealkylation sites (tertiary alicyclic amines) is 2. The molecule has 7 amide bonds. The van der Waals surface area contributed by atoms with Gasteiger partial charge in [-0.05, 0) is 177 Å². The van der Waals surface area contributed by atoms with E-state index in [0.29, 0.717) is 36.4 Å². The Morgan fingerprint density at radius 3 is 1.00 bits per heavy atom. The molecule has 732 valence electrons. The van der Waals surface area contributed by atoms with Crippen molar-refractivity contribution in [1.29, 1.82) is 5.26 Å². The van der Waals surface area contributed by atoms with E-state index < -0.39 is 220 Å². The number of carbonyl (C=O) groups is 7. The first-order chi connectivity index (χ1) is 60.5. The highest BCUT2D eigenvalue weighted by atomic mass is 32.5. The van der Waals surface area contributed by atoms with E-state index in [1.165, 1.54) is 116 Å². The summed E-state index contributed by atoms with van der Waals surface area (Å²) < 4.78 is 308. The molecular formula is C84H100F21N13O11S3. The lowest BCUT2D eigenvalue weighted by molar-refractivity contribution is -0.133. The van der Waals surface area contributed by atoms with Gasteiger partial charge in [0.2, 0.25) is 23.7 Å². The highest BCUT2D eigenvalue weighted by molar-refractivity contribution is 8.46. The molecule has 3 aliphatic carbocycles. The Morgan fingerprint density at radius 1 is 0.432 bits per heavy atom. The van der Waals surface area contributed by atoms with E-state index in [2.05, 4.69) is 36.2 Å². The van der Waals surface area contributed by atoms with Gasteiger partial charge >= 0.3 is 36.8 Å². The van der Waals surface area contributed by atoms with Crippen LogP contribution >= 0.6 is 30.7 Å². The predicted molar refractivity (Wildman–Crippen MR) is 448 cm³/mol. The largest absolute Gasteiger partial charge is 0.444 e. The van der Waals surface area contributed by atoms with Crippen LogP contribution in [0.5, 0.6) is 0 Å². The molecular weight excluding hydrogens is 1860 g/mol.